The van der Waals surface area contributed by atoms with E-state index in [2.05, 4.69) is 6.92 Å². The Morgan fingerprint density at radius 2 is 1.27 bits per heavy atom. The van der Waals surface area contributed by atoms with Crippen LogP contribution in [0.4, 0.5) is 22.0 Å². The molecular formula is C28H39F5. The van der Waals surface area contributed by atoms with Crippen LogP contribution in [0.3, 0.4) is 0 Å². The van der Waals surface area contributed by atoms with Crippen molar-refractivity contribution >= 4 is 0 Å². The molecule has 3 aliphatic carbocycles. The summed E-state index contributed by atoms with van der Waals surface area (Å²) in [6.45, 7) is 2.27. The van der Waals surface area contributed by atoms with Crippen molar-refractivity contribution in [3.63, 3.8) is 0 Å². The number of hydrogen-bond acceptors (Lipinski definition) is 0. The lowest BCUT2D eigenvalue weighted by Gasteiger charge is -2.45. The van der Waals surface area contributed by atoms with Crippen molar-refractivity contribution in [3.05, 3.63) is 34.9 Å². The summed E-state index contributed by atoms with van der Waals surface area (Å²) in [6, 6.07) is 1.84. The first-order valence-electron chi connectivity index (χ1n) is 13.3. The predicted molar refractivity (Wildman–Crippen MR) is 122 cm³/mol. The first-order valence-corrected chi connectivity index (χ1v) is 13.3. The fourth-order valence-corrected chi connectivity index (χ4v) is 7.42. The third-order valence-electron chi connectivity index (χ3n) is 9.24. The average molecular weight is 471 g/mol. The zero-order chi connectivity index (χ0) is 23.6. The smallest absolute Gasteiger partial charge is 0.206 e. The standard InChI is InChI=1S/C28H39F5/c1-2-3-4-5-18-6-7-23-15-22(13-12-21(23)14-18)19-8-10-20(11-9-19)24-16-25(29)27(26(30)17-24)28(31,32)33/h16-23H,2-15H2,1H3. The molecule has 0 radical (unpaired) electrons. The largest absolute Gasteiger partial charge is 0.422 e. The van der Waals surface area contributed by atoms with Gasteiger partial charge in [0.05, 0.1) is 0 Å². The molecule has 33 heavy (non-hydrogen) atoms. The van der Waals surface area contributed by atoms with E-state index in [0.717, 1.165) is 61.5 Å². The Bertz CT molecular complexity index is 754. The minimum absolute atomic E-state index is 0.0394. The van der Waals surface area contributed by atoms with E-state index in [1.807, 2.05) is 0 Å². The van der Waals surface area contributed by atoms with Crippen molar-refractivity contribution in [2.24, 2.45) is 29.6 Å². The van der Waals surface area contributed by atoms with E-state index in [1.54, 1.807) is 0 Å². The summed E-state index contributed by atoms with van der Waals surface area (Å²) < 4.78 is 66.7. The van der Waals surface area contributed by atoms with Gasteiger partial charge >= 0.3 is 6.18 Å². The van der Waals surface area contributed by atoms with Gasteiger partial charge in [-0.05, 0) is 111 Å². The quantitative estimate of drug-likeness (QED) is 0.287. The summed E-state index contributed by atoms with van der Waals surface area (Å²) in [6.07, 6.45) is 12.4. The van der Waals surface area contributed by atoms with Crippen LogP contribution in [-0.2, 0) is 6.18 Å². The highest BCUT2D eigenvalue weighted by Gasteiger charge is 2.40. The predicted octanol–water partition coefficient (Wildman–Crippen LogP) is 9.67. The van der Waals surface area contributed by atoms with Crippen LogP contribution in [0.15, 0.2) is 12.1 Å². The van der Waals surface area contributed by atoms with Gasteiger partial charge in [-0.2, -0.15) is 13.2 Å². The number of rotatable bonds is 6. The molecule has 0 saturated heterocycles. The van der Waals surface area contributed by atoms with Crippen LogP contribution in [0.2, 0.25) is 0 Å². The van der Waals surface area contributed by atoms with Crippen molar-refractivity contribution in [1.29, 1.82) is 0 Å². The Kier molecular flexibility index (Phi) is 8.06. The maximum atomic E-state index is 14.0. The molecule has 0 aromatic heterocycles. The Balaban J connectivity index is 1.28. The molecule has 4 rings (SSSR count). The van der Waals surface area contributed by atoms with E-state index in [-0.39, 0.29) is 5.92 Å². The number of benzene rings is 1. The van der Waals surface area contributed by atoms with Crippen LogP contribution < -0.4 is 0 Å². The highest BCUT2D eigenvalue weighted by Crippen LogP contribution is 2.50. The van der Waals surface area contributed by atoms with Crippen molar-refractivity contribution < 1.29 is 22.0 Å². The molecule has 3 aliphatic rings. The lowest BCUT2D eigenvalue weighted by Crippen LogP contribution is -2.34. The molecule has 3 saturated carbocycles. The summed E-state index contributed by atoms with van der Waals surface area (Å²) in [5, 5.41) is 0. The number of halogens is 5. The van der Waals surface area contributed by atoms with Gasteiger partial charge in [-0.3, -0.25) is 0 Å². The maximum absolute atomic E-state index is 14.0. The second-order valence-electron chi connectivity index (χ2n) is 11.2. The first-order chi connectivity index (χ1) is 15.8. The summed E-state index contributed by atoms with van der Waals surface area (Å²) in [7, 11) is 0. The van der Waals surface area contributed by atoms with Gasteiger partial charge in [0.15, 0.2) is 0 Å². The average Bonchev–Trinajstić information content (AvgIpc) is 2.77. The summed E-state index contributed by atoms with van der Waals surface area (Å²) >= 11 is 0. The Morgan fingerprint density at radius 1 is 0.727 bits per heavy atom. The van der Waals surface area contributed by atoms with E-state index in [0.29, 0.717) is 11.5 Å². The Morgan fingerprint density at radius 3 is 1.88 bits per heavy atom. The molecule has 0 spiro atoms. The van der Waals surface area contributed by atoms with Crippen LogP contribution in [-0.4, -0.2) is 0 Å². The molecule has 0 amide bonds. The molecule has 186 valence electrons. The second kappa shape index (κ2) is 10.6. The molecule has 0 N–H and O–H groups in total. The van der Waals surface area contributed by atoms with Crippen molar-refractivity contribution in [2.75, 3.05) is 0 Å². The van der Waals surface area contributed by atoms with Gasteiger partial charge in [0.25, 0.3) is 0 Å². The van der Waals surface area contributed by atoms with E-state index in [4.69, 9.17) is 0 Å². The van der Waals surface area contributed by atoms with Gasteiger partial charge in [0.1, 0.15) is 17.2 Å². The third-order valence-corrected chi connectivity index (χ3v) is 9.24. The maximum Gasteiger partial charge on any atom is 0.422 e. The zero-order valence-corrected chi connectivity index (χ0v) is 19.9. The third kappa shape index (κ3) is 5.93. The number of hydrogen-bond donors (Lipinski definition) is 0. The lowest BCUT2D eigenvalue weighted by atomic mass is 9.60. The normalized spacial score (nSPS) is 33.0. The SMILES string of the molecule is CCCCCC1CCC2CC(C3CCC(c4cc(F)c(C(F)(F)F)c(F)c4)CC3)CCC2C1. The molecule has 3 fully saturated rings. The van der Waals surface area contributed by atoms with E-state index < -0.39 is 23.4 Å². The monoisotopic (exact) mass is 470 g/mol. The second-order valence-corrected chi connectivity index (χ2v) is 11.2. The Labute approximate surface area is 195 Å². The van der Waals surface area contributed by atoms with Gasteiger partial charge in [-0.25, -0.2) is 8.78 Å². The van der Waals surface area contributed by atoms with Gasteiger partial charge < -0.3 is 0 Å². The Hall–Kier alpha value is -1.13. The highest BCUT2D eigenvalue weighted by molar-refractivity contribution is 5.30. The molecule has 0 nitrogen and oxygen atoms in total. The number of alkyl halides is 3. The van der Waals surface area contributed by atoms with Gasteiger partial charge in [-0.1, -0.05) is 39.0 Å². The van der Waals surface area contributed by atoms with Crippen molar-refractivity contribution in [1.82, 2.24) is 0 Å². The number of unbranched alkanes of at least 4 members (excludes halogenated alkanes) is 2. The first kappa shape index (κ1) is 25.0. The molecule has 5 heteroatoms. The van der Waals surface area contributed by atoms with E-state index in [1.165, 1.54) is 64.2 Å². The van der Waals surface area contributed by atoms with Crippen LogP contribution in [0.1, 0.15) is 114 Å². The summed E-state index contributed by atoms with van der Waals surface area (Å²) in [4.78, 5) is 0. The van der Waals surface area contributed by atoms with Crippen LogP contribution in [0.5, 0.6) is 0 Å². The highest BCUT2D eigenvalue weighted by atomic mass is 19.4. The van der Waals surface area contributed by atoms with Crippen molar-refractivity contribution in [3.8, 4) is 0 Å². The molecule has 0 bridgehead atoms. The molecule has 0 heterocycles. The zero-order valence-electron chi connectivity index (χ0n) is 19.9. The number of fused-ring (bicyclic) bond motifs is 1. The molecule has 1 aromatic carbocycles. The molecule has 1 aromatic rings. The van der Waals surface area contributed by atoms with Gasteiger partial charge in [-0.15, -0.1) is 0 Å². The fourth-order valence-electron chi connectivity index (χ4n) is 7.42. The minimum Gasteiger partial charge on any atom is -0.206 e. The molecular weight excluding hydrogens is 431 g/mol. The van der Waals surface area contributed by atoms with Crippen LogP contribution in [0.25, 0.3) is 0 Å². The lowest BCUT2D eigenvalue weighted by molar-refractivity contribution is -0.142. The summed E-state index contributed by atoms with van der Waals surface area (Å²) in [5.41, 5.74) is -1.38. The molecule has 4 atom stereocenters. The molecule has 4 unspecified atom stereocenters. The van der Waals surface area contributed by atoms with Crippen LogP contribution >= 0.6 is 0 Å². The van der Waals surface area contributed by atoms with Crippen LogP contribution in [0, 0.1) is 41.2 Å². The van der Waals surface area contributed by atoms with Gasteiger partial charge in [0, 0.05) is 0 Å². The van der Waals surface area contributed by atoms with Gasteiger partial charge in [0.2, 0.25) is 0 Å². The van der Waals surface area contributed by atoms with Crippen molar-refractivity contribution in [2.45, 2.75) is 109 Å². The fraction of sp³-hybridized carbons (Fsp3) is 0.786. The summed E-state index contributed by atoms with van der Waals surface area (Å²) in [5.74, 6) is 1.14. The molecule has 0 aliphatic heterocycles. The van der Waals surface area contributed by atoms with E-state index >= 15 is 0 Å². The van der Waals surface area contributed by atoms with E-state index in [9.17, 15) is 22.0 Å². The minimum atomic E-state index is -5.00. The topological polar surface area (TPSA) is 0 Å².